The predicted octanol–water partition coefficient (Wildman–Crippen LogP) is 3.14. The lowest BCUT2D eigenvalue weighted by Crippen LogP contribution is -2.34. The average molecular weight is 383 g/mol. The highest BCUT2D eigenvalue weighted by atomic mass is 32.1. The quantitative estimate of drug-likeness (QED) is 0.635. The van der Waals surface area contributed by atoms with Gasteiger partial charge in [0, 0.05) is 13.0 Å². The lowest BCUT2D eigenvalue weighted by atomic mass is 9.85. The van der Waals surface area contributed by atoms with Gasteiger partial charge in [-0.3, -0.25) is 19.3 Å². The molecule has 1 aromatic heterocycles. The summed E-state index contributed by atoms with van der Waals surface area (Å²) in [6, 6.07) is 6.07. The van der Waals surface area contributed by atoms with Crippen molar-refractivity contribution in [3.05, 3.63) is 35.9 Å². The summed E-state index contributed by atoms with van der Waals surface area (Å²) in [5.74, 6) is -1.02. The number of amides is 3. The molecule has 2 aromatic rings. The minimum atomic E-state index is -0.248. The number of nitrogens with zero attached hydrogens (tertiary/aromatic N) is 2. The number of nitrogens with one attached hydrogen (secondary N) is 1. The molecule has 3 amide bonds. The Balaban J connectivity index is 1.37. The van der Waals surface area contributed by atoms with Gasteiger partial charge in [-0.05, 0) is 37.0 Å². The van der Waals surface area contributed by atoms with Gasteiger partial charge in [0.15, 0.2) is 5.13 Å². The highest BCUT2D eigenvalue weighted by Crippen LogP contribution is 2.35. The van der Waals surface area contributed by atoms with Crippen molar-refractivity contribution >= 4 is 44.4 Å². The zero-order valence-electron chi connectivity index (χ0n) is 15.1. The van der Waals surface area contributed by atoms with E-state index in [0.29, 0.717) is 18.0 Å². The smallest absolute Gasteiger partial charge is 0.233 e. The van der Waals surface area contributed by atoms with Crippen LogP contribution in [0, 0.1) is 11.8 Å². The second-order valence-electron chi connectivity index (χ2n) is 6.96. The first kappa shape index (κ1) is 17.9. The third-order valence-electron chi connectivity index (χ3n) is 5.27. The van der Waals surface area contributed by atoms with Crippen LogP contribution in [-0.4, -0.2) is 34.2 Å². The number of thiazole rings is 1. The molecule has 27 heavy (non-hydrogen) atoms. The van der Waals surface area contributed by atoms with Gasteiger partial charge in [-0.15, -0.1) is 0 Å². The third-order valence-corrected chi connectivity index (χ3v) is 6.20. The summed E-state index contributed by atoms with van der Waals surface area (Å²) < 4.78 is 1.03. The molecule has 2 atom stereocenters. The van der Waals surface area contributed by atoms with E-state index in [1.54, 1.807) is 0 Å². The Morgan fingerprint density at radius 3 is 2.59 bits per heavy atom. The molecular weight excluding hydrogens is 362 g/mol. The Bertz CT molecular complexity index is 923. The van der Waals surface area contributed by atoms with Crippen LogP contribution in [0.3, 0.4) is 0 Å². The van der Waals surface area contributed by atoms with E-state index in [4.69, 9.17) is 0 Å². The molecular formula is C20H21N3O3S. The molecule has 0 radical (unpaired) electrons. The van der Waals surface area contributed by atoms with Gasteiger partial charge in [-0.2, -0.15) is 0 Å². The number of benzene rings is 1. The second-order valence-corrected chi connectivity index (χ2v) is 7.99. The Kier molecular flexibility index (Phi) is 4.78. The second kappa shape index (κ2) is 7.23. The van der Waals surface area contributed by atoms with E-state index in [9.17, 15) is 14.4 Å². The fourth-order valence-electron chi connectivity index (χ4n) is 3.73. The van der Waals surface area contributed by atoms with Crippen molar-refractivity contribution in [3.8, 4) is 0 Å². The molecule has 1 aliphatic carbocycles. The predicted molar refractivity (Wildman–Crippen MR) is 104 cm³/mol. The number of carbonyl (C=O) groups excluding carboxylic acids is 3. The average Bonchev–Trinajstić information content (AvgIpc) is 3.18. The fraction of sp³-hybridized carbons (Fsp3) is 0.400. The molecule has 1 saturated heterocycles. The van der Waals surface area contributed by atoms with E-state index in [0.717, 1.165) is 16.6 Å². The lowest BCUT2D eigenvalue weighted by molar-refractivity contribution is -0.140. The summed E-state index contributed by atoms with van der Waals surface area (Å²) in [5, 5.41) is 3.33. The van der Waals surface area contributed by atoms with E-state index in [1.807, 2.05) is 24.3 Å². The number of allylic oxidation sites excluding steroid dienone is 2. The summed E-state index contributed by atoms with van der Waals surface area (Å²) in [5.41, 5.74) is 2.08. The molecule has 140 valence electrons. The highest BCUT2D eigenvalue weighted by molar-refractivity contribution is 7.22. The number of rotatable bonds is 5. The first-order chi connectivity index (χ1) is 13.1. The molecule has 0 saturated carbocycles. The van der Waals surface area contributed by atoms with Gasteiger partial charge in [-0.25, -0.2) is 4.98 Å². The van der Waals surface area contributed by atoms with Crippen LogP contribution < -0.4 is 5.32 Å². The van der Waals surface area contributed by atoms with Crippen LogP contribution in [0.5, 0.6) is 0 Å². The van der Waals surface area contributed by atoms with Gasteiger partial charge < -0.3 is 5.32 Å². The van der Waals surface area contributed by atoms with Crippen LogP contribution in [0.25, 0.3) is 10.2 Å². The van der Waals surface area contributed by atoms with Crippen molar-refractivity contribution in [2.45, 2.75) is 32.6 Å². The number of aromatic nitrogens is 1. The number of fused-ring (bicyclic) bond motifs is 2. The molecule has 1 aliphatic heterocycles. The fourth-order valence-corrected chi connectivity index (χ4v) is 4.67. The molecule has 1 N–H and O–H groups in total. The summed E-state index contributed by atoms with van der Waals surface area (Å²) in [6.07, 6.45) is 6.18. The van der Waals surface area contributed by atoms with Crippen molar-refractivity contribution in [1.29, 1.82) is 0 Å². The van der Waals surface area contributed by atoms with Crippen LogP contribution in [0.4, 0.5) is 5.13 Å². The van der Waals surface area contributed by atoms with Crippen LogP contribution in [0.2, 0.25) is 0 Å². The number of carbonyl (C=O) groups is 3. The summed E-state index contributed by atoms with van der Waals surface area (Å²) >= 11 is 1.43. The molecule has 6 nitrogen and oxygen atoms in total. The maximum absolute atomic E-state index is 12.4. The molecule has 7 heteroatoms. The Morgan fingerprint density at radius 2 is 1.93 bits per heavy atom. The molecule has 0 unspecified atom stereocenters. The maximum atomic E-state index is 12.4. The van der Waals surface area contributed by atoms with Gasteiger partial charge >= 0.3 is 0 Å². The number of imide groups is 1. The van der Waals surface area contributed by atoms with Crippen LogP contribution in [0.15, 0.2) is 30.4 Å². The van der Waals surface area contributed by atoms with Gasteiger partial charge in [0.25, 0.3) is 0 Å². The molecule has 2 aliphatic rings. The largest absolute Gasteiger partial charge is 0.302 e. The molecule has 1 aromatic carbocycles. The van der Waals surface area contributed by atoms with Crippen LogP contribution in [-0.2, 0) is 20.8 Å². The molecule has 1 fully saturated rings. The minimum absolute atomic E-state index is 0.0838. The van der Waals surface area contributed by atoms with Gasteiger partial charge in [0.2, 0.25) is 17.7 Å². The number of likely N-dealkylation sites (tertiary alicyclic amines) is 1. The summed E-state index contributed by atoms with van der Waals surface area (Å²) in [4.78, 5) is 42.8. The van der Waals surface area contributed by atoms with E-state index >= 15 is 0 Å². The van der Waals surface area contributed by atoms with Crippen molar-refractivity contribution in [3.63, 3.8) is 0 Å². The summed E-state index contributed by atoms with van der Waals surface area (Å²) in [6.45, 7) is 2.22. The van der Waals surface area contributed by atoms with Crippen molar-refractivity contribution in [2.75, 3.05) is 11.9 Å². The van der Waals surface area contributed by atoms with Gasteiger partial charge in [0.05, 0.1) is 22.1 Å². The van der Waals surface area contributed by atoms with Crippen molar-refractivity contribution in [1.82, 2.24) is 9.88 Å². The van der Waals surface area contributed by atoms with Gasteiger partial charge in [0.1, 0.15) is 0 Å². The van der Waals surface area contributed by atoms with Crippen molar-refractivity contribution < 1.29 is 14.4 Å². The molecule has 4 rings (SSSR count). The van der Waals surface area contributed by atoms with E-state index in [1.165, 1.54) is 21.8 Å². The Morgan fingerprint density at radius 1 is 1.22 bits per heavy atom. The number of aryl methyl sites for hydroxylation is 1. The Hall–Kier alpha value is -2.54. The van der Waals surface area contributed by atoms with Gasteiger partial charge in [-0.1, -0.05) is 36.5 Å². The standard InChI is InChI=1S/C20H21N3O3S/c1-2-12-7-8-15-16(11-12)27-20(21-15)22-17(24)9-10-23-18(25)13-5-3-4-6-14(13)19(23)26/h3-4,7-8,11,13-14H,2,5-6,9-10H2,1H3,(H,21,22,24)/t13-,14-/m0/s1. The zero-order valence-corrected chi connectivity index (χ0v) is 15.9. The topological polar surface area (TPSA) is 79.4 Å². The summed E-state index contributed by atoms with van der Waals surface area (Å²) in [7, 11) is 0. The van der Waals surface area contributed by atoms with E-state index < -0.39 is 0 Å². The number of hydrogen-bond acceptors (Lipinski definition) is 5. The monoisotopic (exact) mass is 383 g/mol. The molecule has 0 spiro atoms. The highest BCUT2D eigenvalue weighted by Gasteiger charge is 2.46. The Labute approximate surface area is 161 Å². The van der Waals surface area contributed by atoms with Crippen LogP contribution in [0.1, 0.15) is 31.7 Å². The van der Waals surface area contributed by atoms with Crippen LogP contribution >= 0.6 is 11.3 Å². The third kappa shape index (κ3) is 3.39. The molecule has 2 heterocycles. The first-order valence-corrected chi connectivity index (χ1v) is 10.1. The normalized spacial score (nSPS) is 21.7. The number of anilines is 1. The zero-order chi connectivity index (χ0) is 19.0. The lowest BCUT2D eigenvalue weighted by Gasteiger charge is -2.14. The van der Waals surface area contributed by atoms with Crippen molar-refractivity contribution in [2.24, 2.45) is 11.8 Å². The number of hydrogen-bond donors (Lipinski definition) is 1. The minimum Gasteiger partial charge on any atom is -0.302 e. The SMILES string of the molecule is CCc1ccc2nc(NC(=O)CCN3C(=O)[C@H]4CC=CC[C@@H]4C3=O)sc2c1. The molecule has 0 bridgehead atoms. The van der Waals surface area contributed by atoms with E-state index in [2.05, 4.69) is 23.3 Å². The maximum Gasteiger partial charge on any atom is 0.233 e. The first-order valence-electron chi connectivity index (χ1n) is 9.26. The van der Waals surface area contributed by atoms with E-state index in [-0.39, 0.29) is 42.5 Å².